The number of hydrogen-bond donors (Lipinski definition) is 4. The number of benzene rings is 5. The molecule has 5 aromatic carbocycles. The van der Waals surface area contributed by atoms with Crippen molar-refractivity contribution in [2.75, 3.05) is 11.1 Å². The van der Waals surface area contributed by atoms with E-state index in [1.54, 1.807) is 0 Å². The van der Waals surface area contributed by atoms with Gasteiger partial charge in [0.25, 0.3) is 5.91 Å². The Balaban J connectivity index is 1.20. The minimum absolute atomic E-state index is 0.122. The van der Waals surface area contributed by atoms with Gasteiger partial charge in [-0.2, -0.15) is 0 Å². The van der Waals surface area contributed by atoms with Crippen LogP contribution < -0.4 is 11.1 Å². The molecule has 3 aromatic heterocycles. The van der Waals surface area contributed by atoms with E-state index in [1.807, 2.05) is 48.5 Å². The summed E-state index contributed by atoms with van der Waals surface area (Å²) in [6.07, 6.45) is 17.0. The predicted octanol–water partition coefficient (Wildman–Crippen LogP) is 18.6. The normalized spacial score (nSPS) is 13.7. The summed E-state index contributed by atoms with van der Waals surface area (Å²) >= 11 is 0. The van der Waals surface area contributed by atoms with E-state index in [0.717, 1.165) is 94.9 Å². The Kier molecular flexibility index (Phi) is 13.1. The van der Waals surface area contributed by atoms with Crippen LogP contribution >= 0.6 is 0 Å². The number of carbonyl (C=O) groups excluding carboxylic acids is 1. The first-order valence-electron chi connectivity index (χ1n) is 27.7. The quantitative estimate of drug-likeness (QED) is 0.119. The number of nitrogens with one attached hydrogen (secondary N) is 3. The van der Waals surface area contributed by atoms with Crippen molar-refractivity contribution in [3.63, 3.8) is 0 Å². The van der Waals surface area contributed by atoms with Crippen molar-refractivity contribution >= 4 is 63.7 Å². The molecule has 5 heterocycles. The van der Waals surface area contributed by atoms with E-state index in [9.17, 15) is 4.79 Å². The van der Waals surface area contributed by atoms with Gasteiger partial charge in [-0.3, -0.25) is 4.79 Å². The van der Waals surface area contributed by atoms with Crippen LogP contribution in [0.5, 0.6) is 0 Å². The zero-order valence-electron chi connectivity index (χ0n) is 47.8. The highest BCUT2D eigenvalue weighted by Crippen LogP contribution is 2.43. The van der Waals surface area contributed by atoms with Gasteiger partial charge >= 0.3 is 0 Å². The maximum absolute atomic E-state index is 13.7. The molecule has 1 amide bonds. The van der Waals surface area contributed by atoms with Crippen LogP contribution in [0.25, 0.3) is 90.9 Å². The van der Waals surface area contributed by atoms with Crippen LogP contribution in [-0.4, -0.2) is 25.8 Å². The molecule has 396 valence electrons. The zero-order valence-corrected chi connectivity index (χ0v) is 47.8. The van der Waals surface area contributed by atoms with Crippen molar-refractivity contribution in [1.29, 1.82) is 0 Å². The number of nitrogens with two attached hydrogens (primary N) is 1. The highest BCUT2D eigenvalue weighted by Gasteiger charge is 2.26. The molecular weight excluding hydrogens is 965 g/mol. The minimum atomic E-state index is -0.165. The lowest BCUT2D eigenvalue weighted by molar-refractivity contribution is 0.102. The van der Waals surface area contributed by atoms with Crippen LogP contribution in [0.4, 0.5) is 11.4 Å². The van der Waals surface area contributed by atoms with Gasteiger partial charge in [-0.25, -0.2) is 9.97 Å². The molecule has 7 nitrogen and oxygen atoms in total. The Bertz CT molecular complexity index is 3870. The van der Waals surface area contributed by atoms with Gasteiger partial charge < -0.3 is 21.0 Å². The summed E-state index contributed by atoms with van der Waals surface area (Å²) in [5.41, 5.74) is 29.0. The molecule has 0 saturated carbocycles. The average molecular weight is 1040 g/mol. The second-order valence-electron chi connectivity index (χ2n) is 25.7. The van der Waals surface area contributed by atoms with Crippen molar-refractivity contribution in [3.8, 4) is 44.5 Å². The molecular formula is C72H72N6O. The molecule has 0 radical (unpaired) electrons. The molecule has 5 N–H and O–H groups in total. The summed E-state index contributed by atoms with van der Waals surface area (Å²) in [4.78, 5) is 33.0. The summed E-state index contributed by atoms with van der Waals surface area (Å²) in [6.45, 7) is 27.4. The van der Waals surface area contributed by atoms with Gasteiger partial charge in [0.1, 0.15) is 0 Å². The number of amides is 1. The average Bonchev–Trinajstić information content (AvgIpc) is 4.44. The maximum atomic E-state index is 13.7. The van der Waals surface area contributed by atoms with Crippen LogP contribution in [-0.2, 0) is 21.7 Å². The first-order chi connectivity index (χ1) is 37.4. The lowest BCUT2D eigenvalue weighted by atomic mass is 9.78. The Morgan fingerprint density at radius 1 is 0.430 bits per heavy atom. The van der Waals surface area contributed by atoms with Gasteiger partial charge in [0.15, 0.2) is 0 Å². The number of hydrogen-bond acceptors (Lipinski definition) is 4. The van der Waals surface area contributed by atoms with E-state index in [0.29, 0.717) is 16.9 Å². The van der Waals surface area contributed by atoms with E-state index in [4.69, 9.17) is 15.7 Å². The van der Waals surface area contributed by atoms with Crippen LogP contribution in [0.15, 0.2) is 158 Å². The molecule has 0 unspecified atom stereocenters. The van der Waals surface area contributed by atoms with Crippen LogP contribution in [0, 0.1) is 0 Å². The van der Waals surface area contributed by atoms with Crippen molar-refractivity contribution in [2.24, 2.45) is 0 Å². The van der Waals surface area contributed by atoms with E-state index in [1.165, 1.54) is 22.3 Å². The van der Waals surface area contributed by atoms with Crippen LogP contribution in [0.1, 0.15) is 150 Å². The molecule has 79 heavy (non-hydrogen) atoms. The molecule has 8 aromatic rings. The molecule has 0 fully saturated rings. The maximum Gasteiger partial charge on any atom is 0.255 e. The second-order valence-corrected chi connectivity index (χ2v) is 25.7. The molecule has 3 aliphatic rings. The van der Waals surface area contributed by atoms with E-state index in [2.05, 4.69) is 232 Å². The lowest BCUT2D eigenvalue weighted by Crippen LogP contribution is -2.16. The van der Waals surface area contributed by atoms with E-state index >= 15 is 0 Å². The van der Waals surface area contributed by atoms with Gasteiger partial charge in [0.2, 0.25) is 0 Å². The summed E-state index contributed by atoms with van der Waals surface area (Å²) in [5, 5.41) is 3.16. The van der Waals surface area contributed by atoms with Crippen LogP contribution in [0.2, 0.25) is 0 Å². The first-order valence-corrected chi connectivity index (χ1v) is 27.7. The number of nitrogen functional groups attached to an aromatic ring is 1. The Morgan fingerprint density at radius 3 is 1.13 bits per heavy atom. The second kappa shape index (κ2) is 19.7. The topological polar surface area (TPSA) is 112 Å². The minimum Gasteiger partial charge on any atom is -0.399 e. The van der Waals surface area contributed by atoms with Crippen molar-refractivity contribution in [1.82, 2.24) is 19.9 Å². The molecule has 11 rings (SSSR count). The van der Waals surface area contributed by atoms with E-state index < -0.39 is 0 Å². The molecule has 1 aliphatic carbocycles. The largest absolute Gasteiger partial charge is 0.399 e. The molecule has 0 spiro atoms. The van der Waals surface area contributed by atoms with Gasteiger partial charge in [-0.05, 0) is 157 Å². The summed E-state index contributed by atoms with van der Waals surface area (Å²) in [6, 6.07) is 46.9. The molecule has 0 saturated heterocycles. The Morgan fingerprint density at radius 2 is 0.772 bits per heavy atom. The van der Waals surface area contributed by atoms with Gasteiger partial charge in [0, 0.05) is 67.2 Å². The summed E-state index contributed by atoms with van der Waals surface area (Å²) in [5.74, 6) is 0.0660. The monoisotopic (exact) mass is 1040 g/mol. The van der Waals surface area contributed by atoms with E-state index in [-0.39, 0.29) is 33.5 Å². The Hall–Kier alpha value is -8.55. The third kappa shape index (κ3) is 10.6. The number of rotatable bonds is 7. The number of allylic oxidation sites excluding steroid dienone is 4. The number of aromatic nitrogens is 4. The van der Waals surface area contributed by atoms with Crippen molar-refractivity contribution in [3.05, 3.63) is 214 Å². The molecule has 2 aliphatic heterocycles. The van der Waals surface area contributed by atoms with Gasteiger partial charge in [-0.15, -0.1) is 0 Å². The van der Waals surface area contributed by atoms with Crippen molar-refractivity contribution in [2.45, 2.75) is 111 Å². The molecule has 7 heteroatoms. The predicted molar refractivity (Wildman–Crippen MR) is 335 cm³/mol. The van der Waals surface area contributed by atoms with Gasteiger partial charge in [-0.1, -0.05) is 180 Å². The lowest BCUT2D eigenvalue weighted by Gasteiger charge is -2.26. The first kappa shape index (κ1) is 52.5. The third-order valence-corrected chi connectivity index (χ3v) is 15.6. The SMILES string of the molecule is CC(C)(C)c1cc(-c2c3nc(c(-c4ccc(NC(=O)c5ccc(C6C=CC=C6)cc5)cc4)c4ccc([nH]4)c(-c4cc(C(C)(C)C)cc(C(C)(C)C)c4)c4nc(c(-c5ccc(N)cc5)c5ccc2[nH]5)C=C4)C=C3)cc(C(C)(C)C)c1. The zero-order chi connectivity index (χ0) is 55.8. The number of nitrogens with zero attached hydrogens (tertiary/aromatic N) is 2. The smallest absolute Gasteiger partial charge is 0.255 e. The fourth-order valence-electron chi connectivity index (χ4n) is 10.8. The summed E-state index contributed by atoms with van der Waals surface area (Å²) < 4.78 is 0. The Labute approximate surface area is 466 Å². The standard InChI is InChI=1S/C72H72N6O/c1-69(2,3)50-37-48(38-51(41-50)70(4,5)6)66-60-33-29-56(75-60)64(45-21-25-54(73)26-22-45)57-30-34-61(76-57)67(49-39-52(71(7,8)9)42-53(40-49)72(10,11)12)63-36-32-59(78-63)65(58-31-35-62(66)77-58)46-23-27-55(28-24-46)74-68(79)47-19-17-44(18-20-47)43-15-13-14-16-43/h13-43,75,78H,73H2,1-12H3,(H,74,79). The van der Waals surface area contributed by atoms with Crippen LogP contribution in [0.3, 0.4) is 0 Å². The van der Waals surface area contributed by atoms with Crippen molar-refractivity contribution < 1.29 is 4.79 Å². The number of anilines is 2. The summed E-state index contributed by atoms with van der Waals surface area (Å²) in [7, 11) is 0. The highest BCUT2D eigenvalue weighted by atomic mass is 16.1. The fourth-order valence-corrected chi connectivity index (χ4v) is 10.8. The van der Waals surface area contributed by atoms with Gasteiger partial charge in [0.05, 0.1) is 22.8 Å². The number of aromatic amines is 2. The number of H-pyrrole nitrogens is 2. The fraction of sp³-hybridized carbons (Fsp3) is 0.236. The third-order valence-electron chi connectivity index (χ3n) is 15.6. The molecule has 0 atom stereocenters. The highest BCUT2D eigenvalue weighted by molar-refractivity contribution is 6.05. The number of carbonyl (C=O) groups is 1. The number of fused-ring (bicyclic) bond motifs is 8. The molecule has 8 bridgehead atoms.